The van der Waals surface area contributed by atoms with Crippen LogP contribution in [0.2, 0.25) is 0 Å². The van der Waals surface area contributed by atoms with E-state index in [1.54, 1.807) is 0 Å². The van der Waals surface area contributed by atoms with Crippen LogP contribution in [-0.4, -0.2) is 40.2 Å². The summed E-state index contributed by atoms with van der Waals surface area (Å²) in [5.41, 5.74) is 1.06. The smallest absolute Gasteiger partial charge is 0.161 e. The highest BCUT2D eigenvalue weighted by Crippen LogP contribution is 2.32. The van der Waals surface area contributed by atoms with Crippen molar-refractivity contribution in [1.82, 2.24) is 5.32 Å². The Morgan fingerprint density at radius 3 is 2.65 bits per heavy atom. The van der Waals surface area contributed by atoms with Crippen LogP contribution in [0, 0.1) is 0 Å². The van der Waals surface area contributed by atoms with Crippen LogP contribution in [0.15, 0.2) is 18.2 Å². The second-order valence-corrected chi connectivity index (χ2v) is 7.32. The number of nitrogens with one attached hydrogen (secondary N) is 1. The predicted octanol–water partition coefficient (Wildman–Crippen LogP) is 1.54. The third-order valence-electron chi connectivity index (χ3n) is 3.19. The van der Waals surface area contributed by atoms with Crippen molar-refractivity contribution in [2.24, 2.45) is 0 Å². The first-order valence-electron chi connectivity index (χ1n) is 6.76. The summed E-state index contributed by atoms with van der Waals surface area (Å²) in [6.45, 7) is 3.77. The molecule has 112 valence electrons. The van der Waals surface area contributed by atoms with Crippen LogP contribution in [-0.2, 0) is 9.84 Å². The summed E-state index contributed by atoms with van der Waals surface area (Å²) in [6.07, 6.45) is 2.12. The molecule has 0 radical (unpaired) electrons. The highest BCUT2D eigenvalue weighted by molar-refractivity contribution is 7.90. The molecule has 1 N–H and O–H groups in total. The standard InChI is InChI=1S/C14H21NO4S/c1-11(15-6-9-20(2,16)17)12-4-5-13-14(10-12)19-8-3-7-18-13/h4-5,10-11,15H,3,6-9H2,1-2H3. The Hall–Kier alpha value is -1.27. The largest absolute Gasteiger partial charge is 0.490 e. The quantitative estimate of drug-likeness (QED) is 0.893. The molecule has 1 aromatic carbocycles. The van der Waals surface area contributed by atoms with Crippen LogP contribution >= 0.6 is 0 Å². The van der Waals surface area contributed by atoms with E-state index in [9.17, 15) is 8.42 Å². The number of fused-ring (bicyclic) bond motifs is 1. The van der Waals surface area contributed by atoms with Gasteiger partial charge in [-0.25, -0.2) is 8.42 Å². The Kier molecular flexibility index (Phi) is 4.88. The minimum Gasteiger partial charge on any atom is -0.490 e. The van der Waals surface area contributed by atoms with Gasteiger partial charge in [-0.15, -0.1) is 0 Å². The third kappa shape index (κ3) is 4.38. The van der Waals surface area contributed by atoms with Gasteiger partial charge in [-0.3, -0.25) is 0 Å². The molecule has 1 heterocycles. The maximum Gasteiger partial charge on any atom is 0.161 e. The Labute approximate surface area is 120 Å². The Bertz CT molecular complexity index is 556. The van der Waals surface area contributed by atoms with Gasteiger partial charge < -0.3 is 14.8 Å². The lowest BCUT2D eigenvalue weighted by Crippen LogP contribution is -2.25. The zero-order chi connectivity index (χ0) is 14.6. The zero-order valence-electron chi connectivity index (χ0n) is 11.9. The molecular formula is C14H21NO4S. The first-order chi connectivity index (χ1) is 9.46. The topological polar surface area (TPSA) is 64.6 Å². The molecule has 1 atom stereocenters. The molecule has 0 bridgehead atoms. The van der Waals surface area contributed by atoms with Crippen molar-refractivity contribution in [2.45, 2.75) is 19.4 Å². The lowest BCUT2D eigenvalue weighted by atomic mass is 10.1. The molecular weight excluding hydrogens is 278 g/mol. The van der Waals surface area contributed by atoms with E-state index < -0.39 is 9.84 Å². The van der Waals surface area contributed by atoms with E-state index in [0.29, 0.717) is 19.8 Å². The maximum absolute atomic E-state index is 11.1. The molecule has 0 aromatic heterocycles. The molecule has 0 spiro atoms. The van der Waals surface area contributed by atoms with E-state index >= 15 is 0 Å². The van der Waals surface area contributed by atoms with Crippen molar-refractivity contribution in [3.8, 4) is 11.5 Å². The molecule has 0 amide bonds. The van der Waals surface area contributed by atoms with Crippen molar-refractivity contribution in [2.75, 3.05) is 31.8 Å². The zero-order valence-corrected chi connectivity index (χ0v) is 12.7. The van der Waals surface area contributed by atoms with Crippen LogP contribution in [0.25, 0.3) is 0 Å². The molecule has 1 aromatic rings. The van der Waals surface area contributed by atoms with Gasteiger partial charge in [0.1, 0.15) is 9.84 Å². The van der Waals surface area contributed by atoms with Crippen LogP contribution in [0.5, 0.6) is 11.5 Å². The van der Waals surface area contributed by atoms with Gasteiger partial charge in [-0.2, -0.15) is 0 Å². The van der Waals surface area contributed by atoms with Crippen LogP contribution < -0.4 is 14.8 Å². The first-order valence-corrected chi connectivity index (χ1v) is 8.82. The summed E-state index contributed by atoms with van der Waals surface area (Å²) < 4.78 is 33.4. The number of benzene rings is 1. The van der Waals surface area contributed by atoms with Crippen LogP contribution in [0.1, 0.15) is 24.9 Å². The fraction of sp³-hybridized carbons (Fsp3) is 0.571. The van der Waals surface area contributed by atoms with E-state index in [1.165, 1.54) is 6.26 Å². The van der Waals surface area contributed by atoms with Gasteiger partial charge in [-0.05, 0) is 24.6 Å². The van der Waals surface area contributed by atoms with Crippen molar-refractivity contribution in [1.29, 1.82) is 0 Å². The molecule has 20 heavy (non-hydrogen) atoms. The van der Waals surface area contributed by atoms with Gasteiger partial charge >= 0.3 is 0 Å². The molecule has 0 fully saturated rings. The number of hydrogen-bond acceptors (Lipinski definition) is 5. The van der Waals surface area contributed by atoms with Gasteiger partial charge in [0.15, 0.2) is 11.5 Å². The van der Waals surface area contributed by atoms with E-state index in [-0.39, 0.29) is 11.8 Å². The van der Waals surface area contributed by atoms with Crippen LogP contribution in [0.4, 0.5) is 0 Å². The Balaban J connectivity index is 1.99. The molecule has 0 saturated heterocycles. The third-order valence-corrected chi connectivity index (χ3v) is 4.14. The van der Waals surface area contributed by atoms with Crippen molar-refractivity contribution >= 4 is 9.84 Å². The second-order valence-electron chi connectivity index (χ2n) is 5.06. The molecule has 6 heteroatoms. The summed E-state index contributed by atoms with van der Waals surface area (Å²) in [5.74, 6) is 1.67. The van der Waals surface area contributed by atoms with Crippen molar-refractivity contribution < 1.29 is 17.9 Å². The van der Waals surface area contributed by atoms with Gasteiger partial charge in [0.2, 0.25) is 0 Å². The summed E-state index contributed by atoms with van der Waals surface area (Å²) in [4.78, 5) is 0. The second kappa shape index (κ2) is 6.45. The van der Waals surface area contributed by atoms with E-state index in [1.807, 2.05) is 25.1 Å². The number of rotatable bonds is 5. The maximum atomic E-state index is 11.1. The van der Waals surface area contributed by atoms with E-state index in [2.05, 4.69) is 5.32 Å². The van der Waals surface area contributed by atoms with E-state index in [4.69, 9.17) is 9.47 Å². The summed E-state index contributed by atoms with van der Waals surface area (Å²) >= 11 is 0. The fourth-order valence-corrected chi connectivity index (χ4v) is 2.52. The minimum atomic E-state index is -2.93. The summed E-state index contributed by atoms with van der Waals surface area (Å²) in [5, 5.41) is 3.20. The molecule has 1 unspecified atom stereocenters. The Morgan fingerprint density at radius 2 is 1.95 bits per heavy atom. The van der Waals surface area contributed by atoms with Gasteiger partial charge in [-0.1, -0.05) is 6.07 Å². The molecule has 0 aliphatic carbocycles. The molecule has 0 saturated carbocycles. The first kappa shape index (κ1) is 15.1. The normalized spacial score (nSPS) is 16.5. The van der Waals surface area contributed by atoms with Crippen molar-refractivity contribution in [3.05, 3.63) is 23.8 Å². The fourth-order valence-electron chi connectivity index (χ4n) is 2.03. The predicted molar refractivity (Wildman–Crippen MR) is 78.2 cm³/mol. The van der Waals surface area contributed by atoms with Gasteiger partial charge in [0, 0.05) is 25.3 Å². The molecule has 5 nitrogen and oxygen atoms in total. The Morgan fingerprint density at radius 1 is 1.25 bits per heavy atom. The summed E-state index contributed by atoms with van der Waals surface area (Å²) in [7, 11) is -2.93. The molecule has 1 aliphatic rings. The highest BCUT2D eigenvalue weighted by atomic mass is 32.2. The van der Waals surface area contributed by atoms with Gasteiger partial charge in [0.05, 0.1) is 19.0 Å². The minimum absolute atomic E-state index is 0.0638. The highest BCUT2D eigenvalue weighted by Gasteiger charge is 2.13. The lowest BCUT2D eigenvalue weighted by Gasteiger charge is -2.16. The number of sulfone groups is 1. The average Bonchev–Trinajstić information content (AvgIpc) is 2.61. The van der Waals surface area contributed by atoms with E-state index in [0.717, 1.165) is 23.5 Å². The molecule has 1 aliphatic heterocycles. The van der Waals surface area contributed by atoms with Crippen molar-refractivity contribution in [3.63, 3.8) is 0 Å². The molecule has 2 rings (SSSR count). The number of hydrogen-bond donors (Lipinski definition) is 1. The monoisotopic (exact) mass is 299 g/mol. The number of ether oxygens (including phenoxy) is 2. The SMILES string of the molecule is CC(NCCS(C)(=O)=O)c1ccc2c(c1)OCCCO2. The average molecular weight is 299 g/mol. The van der Waals surface area contributed by atoms with Crippen LogP contribution in [0.3, 0.4) is 0 Å². The lowest BCUT2D eigenvalue weighted by molar-refractivity contribution is 0.297. The summed E-state index contributed by atoms with van der Waals surface area (Å²) in [6, 6.07) is 5.91. The van der Waals surface area contributed by atoms with Gasteiger partial charge in [0.25, 0.3) is 0 Å².